The molecule has 8 heteroatoms. The van der Waals surface area contributed by atoms with Gasteiger partial charge in [0.1, 0.15) is 11.9 Å². The standard InChI is InChI=1S/C21H25BrN2O4S/c1-13-9-16-10-15(3-6-21(16)28-13)14(2)23-20-5-4-18(11-19(20)22)29(26,27)24-8-7-17(25)12-24/h3-6,10-11,13-14,17,23,25H,7-9,12H2,1-2H3/t13?,14-,17-/m0/s1. The highest BCUT2D eigenvalue weighted by atomic mass is 79.9. The summed E-state index contributed by atoms with van der Waals surface area (Å²) >= 11 is 3.50. The van der Waals surface area contributed by atoms with E-state index in [1.807, 2.05) is 6.07 Å². The van der Waals surface area contributed by atoms with Crippen LogP contribution in [0.2, 0.25) is 0 Å². The summed E-state index contributed by atoms with van der Waals surface area (Å²) in [5.41, 5.74) is 3.19. The molecular formula is C21H25BrN2O4S. The van der Waals surface area contributed by atoms with Crippen LogP contribution >= 0.6 is 15.9 Å². The van der Waals surface area contributed by atoms with Crippen LogP contribution in [0.4, 0.5) is 5.69 Å². The maximum absolute atomic E-state index is 12.8. The highest BCUT2D eigenvalue weighted by Gasteiger charge is 2.32. The first-order valence-electron chi connectivity index (χ1n) is 9.78. The van der Waals surface area contributed by atoms with E-state index in [0.717, 1.165) is 23.4 Å². The second kappa shape index (κ2) is 7.91. The van der Waals surface area contributed by atoms with Gasteiger partial charge in [-0.25, -0.2) is 8.42 Å². The number of β-amino-alcohol motifs (C(OH)–C–C–N with tert-alkyl or cyclic N) is 1. The van der Waals surface area contributed by atoms with Gasteiger partial charge in [-0.15, -0.1) is 0 Å². The Bertz CT molecular complexity index is 1030. The SMILES string of the molecule is CC1Cc2cc([C@H](C)Nc3ccc(S(=O)(=O)N4CC[C@H](O)C4)cc3Br)ccc2O1. The van der Waals surface area contributed by atoms with Gasteiger partial charge in [-0.3, -0.25) is 0 Å². The lowest BCUT2D eigenvalue weighted by Gasteiger charge is -2.19. The Hall–Kier alpha value is -1.61. The Morgan fingerprint density at radius 2 is 2.07 bits per heavy atom. The highest BCUT2D eigenvalue weighted by molar-refractivity contribution is 9.10. The second-order valence-electron chi connectivity index (χ2n) is 7.81. The fraction of sp³-hybridized carbons (Fsp3) is 0.429. The molecule has 6 nitrogen and oxygen atoms in total. The molecule has 0 aromatic heterocycles. The maximum atomic E-state index is 12.8. The van der Waals surface area contributed by atoms with Crippen molar-refractivity contribution >= 4 is 31.6 Å². The number of ether oxygens (including phenoxy) is 1. The van der Waals surface area contributed by atoms with Crippen LogP contribution in [-0.4, -0.2) is 43.1 Å². The second-order valence-corrected chi connectivity index (χ2v) is 10.6. The summed E-state index contributed by atoms with van der Waals surface area (Å²) in [4.78, 5) is 0.223. The minimum absolute atomic E-state index is 0.0451. The van der Waals surface area contributed by atoms with E-state index in [9.17, 15) is 13.5 Å². The molecule has 3 atom stereocenters. The number of hydrogen-bond donors (Lipinski definition) is 2. The van der Waals surface area contributed by atoms with Gasteiger partial charge in [0.25, 0.3) is 0 Å². The molecule has 2 aromatic rings. The zero-order valence-electron chi connectivity index (χ0n) is 16.4. The summed E-state index contributed by atoms with van der Waals surface area (Å²) in [6.45, 7) is 4.64. The van der Waals surface area contributed by atoms with E-state index in [-0.39, 0.29) is 23.6 Å². The van der Waals surface area contributed by atoms with E-state index < -0.39 is 16.1 Å². The molecule has 4 rings (SSSR count). The molecule has 2 aliphatic rings. The average Bonchev–Trinajstić information content (AvgIpc) is 3.27. The van der Waals surface area contributed by atoms with Crippen molar-refractivity contribution in [3.05, 3.63) is 52.0 Å². The Balaban J connectivity index is 1.51. The molecule has 0 spiro atoms. The van der Waals surface area contributed by atoms with Crippen molar-refractivity contribution in [2.75, 3.05) is 18.4 Å². The van der Waals surface area contributed by atoms with Crippen LogP contribution in [0, 0.1) is 0 Å². The zero-order chi connectivity index (χ0) is 20.8. The molecule has 0 bridgehead atoms. The monoisotopic (exact) mass is 480 g/mol. The van der Waals surface area contributed by atoms with Crippen molar-refractivity contribution in [1.29, 1.82) is 0 Å². The molecule has 2 N–H and O–H groups in total. The number of fused-ring (bicyclic) bond motifs is 1. The number of nitrogens with one attached hydrogen (secondary N) is 1. The highest BCUT2D eigenvalue weighted by Crippen LogP contribution is 2.34. The van der Waals surface area contributed by atoms with Gasteiger partial charge in [-0.1, -0.05) is 6.07 Å². The molecule has 1 unspecified atom stereocenters. The molecule has 1 fully saturated rings. The minimum atomic E-state index is -3.60. The normalized spacial score (nSPS) is 22.9. The quantitative estimate of drug-likeness (QED) is 0.681. The average molecular weight is 481 g/mol. The summed E-state index contributed by atoms with van der Waals surface area (Å²) in [5.74, 6) is 0.955. The summed E-state index contributed by atoms with van der Waals surface area (Å²) in [7, 11) is -3.60. The smallest absolute Gasteiger partial charge is 0.243 e. The number of hydrogen-bond acceptors (Lipinski definition) is 5. The van der Waals surface area contributed by atoms with Crippen LogP contribution in [0.25, 0.3) is 0 Å². The molecule has 0 saturated carbocycles. The third kappa shape index (κ3) is 4.17. The number of rotatable bonds is 5. The predicted molar refractivity (Wildman–Crippen MR) is 116 cm³/mol. The van der Waals surface area contributed by atoms with E-state index >= 15 is 0 Å². The first-order chi connectivity index (χ1) is 13.7. The first-order valence-corrected chi connectivity index (χ1v) is 12.0. The van der Waals surface area contributed by atoms with Crippen molar-refractivity contribution in [3.63, 3.8) is 0 Å². The van der Waals surface area contributed by atoms with Crippen LogP contribution in [0.3, 0.4) is 0 Å². The van der Waals surface area contributed by atoms with Crippen LogP contribution < -0.4 is 10.1 Å². The molecule has 0 amide bonds. The van der Waals surface area contributed by atoms with Gasteiger partial charge in [0.05, 0.1) is 11.0 Å². The molecule has 2 aromatic carbocycles. The lowest BCUT2D eigenvalue weighted by atomic mass is 10.0. The van der Waals surface area contributed by atoms with E-state index in [0.29, 0.717) is 17.4 Å². The molecular weight excluding hydrogens is 456 g/mol. The fourth-order valence-corrected chi connectivity index (χ4v) is 6.04. The minimum Gasteiger partial charge on any atom is -0.490 e. The molecule has 156 valence electrons. The summed E-state index contributed by atoms with van der Waals surface area (Å²) in [6, 6.07) is 11.3. The number of nitrogens with zero attached hydrogens (tertiary/aromatic N) is 1. The number of benzene rings is 2. The van der Waals surface area contributed by atoms with Crippen LogP contribution in [0.5, 0.6) is 5.75 Å². The van der Waals surface area contributed by atoms with Crippen molar-refractivity contribution in [1.82, 2.24) is 4.31 Å². The molecule has 2 aliphatic heterocycles. The van der Waals surface area contributed by atoms with Gasteiger partial charge >= 0.3 is 0 Å². The van der Waals surface area contributed by atoms with Gasteiger partial charge in [0, 0.05) is 35.7 Å². The van der Waals surface area contributed by atoms with Crippen LogP contribution in [0.1, 0.15) is 37.4 Å². The topological polar surface area (TPSA) is 78.9 Å². The Morgan fingerprint density at radius 3 is 2.76 bits per heavy atom. The predicted octanol–water partition coefficient (Wildman–Crippen LogP) is 3.70. The Labute approximate surface area is 180 Å². The molecule has 2 heterocycles. The van der Waals surface area contributed by atoms with Crippen molar-refractivity contribution < 1.29 is 18.3 Å². The number of sulfonamides is 1. The molecule has 0 radical (unpaired) electrons. The van der Waals surface area contributed by atoms with E-state index in [4.69, 9.17) is 4.74 Å². The third-order valence-corrected chi connectivity index (χ3v) is 8.01. The van der Waals surface area contributed by atoms with Gasteiger partial charge in [0.15, 0.2) is 0 Å². The van der Waals surface area contributed by atoms with Gasteiger partial charge < -0.3 is 15.2 Å². The Morgan fingerprint density at radius 1 is 1.28 bits per heavy atom. The van der Waals surface area contributed by atoms with E-state index in [1.165, 1.54) is 9.87 Å². The van der Waals surface area contributed by atoms with Gasteiger partial charge in [-0.2, -0.15) is 4.31 Å². The van der Waals surface area contributed by atoms with Crippen molar-refractivity contribution in [3.8, 4) is 5.75 Å². The summed E-state index contributed by atoms with van der Waals surface area (Å²) in [6.07, 6.45) is 1.01. The number of aliphatic hydroxyl groups excluding tert-OH is 1. The largest absolute Gasteiger partial charge is 0.490 e. The summed E-state index contributed by atoms with van der Waals surface area (Å²) < 4.78 is 33.4. The van der Waals surface area contributed by atoms with E-state index in [1.54, 1.807) is 18.2 Å². The Kier molecular flexibility index (Phi) is 5.63. The van der Waals surface area contributed by atoms with Gasteiger partial charge in [0.2, 0.25) is 10.0 Å². The molecule has 29 heavy (non-hydrogen) atoms. The van der Waals surface area contributed by atoms with Gasteiger partial charge in [-0.05, 0) is 77.7 Å². The lowest BCUT2D eigenvalue weighted by Crippen LogP contribution is -2.29. The number of halogens is 1. The maximum Gasteiger partial charge on any atom is 0.243 e. The summed E-state index contributed by atoms with van der Waals surface area (Å²) in [5, 5.41) is 13.1. The number of aliphatic hydroxyl groups is 1. The van der Waals surface area contributed by atoms with Crippen LogP contribution in [0.15, 0.2) is 45.8 Å². The lowest BCUT2D eigenvalue weighted by molar-refractivity contribution is 0.189. The van der Waals surface area contributed by atoms with Crippen LogP contribution in [-0.2, 0) is 16.4 Å². The number of anilines is 1. The van der Waals surface area contributed by atoms with Crippen molar-refractivity contribution in [2.45, 2.75) is 49.8 Å². The first kappa shape index (κ1) is 20.7. The zero-order valence-corrected chi connectivity index (χ0v) is 18.8. The fourth-order valence-electron chi connectivity index (χ4n) is 3.88. The molecule has 1 saturated heterocycles. The van der Waals surface area contributed by atoms with Crippen molar-refractivity contribution in [2.24, 2.45) is 0 Å². The third-order valence-electron chi connectivity index (χ3n) is 5.50. The molecule has 0 aliphatic carbocycles. The van der Waals surface area contributed by atoms with E-state index in [2.05, 4.69) is 47.2 Å².